The summed E-state index contributed by atoms with van der Waals surface area (Å²) < 4.78 is 27.2. The van der Waals surface area contributed by atoms with E-state index in [1.54, 1.807) is 67.6 Å². The molecular weight excluding hydrogens is 502 g/mol. The highest BCUT2D eigenvalue weighted by Gasteiger charge is 2.37. The smallest absolute Gasteiger partial charge is 0.336 e. The van der Waals surface area contributed by atoms with Crippen LogP contribution < -0.4 is 18.9 Å². The Morgan fingerprint density at radius 2 is 1.15 bits per heavy atom. The molecule has 0 saturated carbocycles. The van der Waals surface area contributed by atoms with E-state index in [0.717, 1.165) is 4.90 Å². The number of amides is 2. The topological polar surface area (TPSA) is 101 Å². The second-order valence-electron chi connectivity index (χ2n) is 8.46. The van der Waals surface area contributed by atoms with Crippen molar-refractivity contribution in [2.75, 3.05) is 41.6 Å². The van der Waals surface area contributed by atoms with Gasteiger partial charge in [-0.2, -0.15) is 0 Å². The van der Waals surface area contributed by atoms with Gasteiger partial charge in [0.25, 0.3) is 11.8 Å². The molecular formula is C30H29NO8. The number of esters is 1. The normalized spacial score (nSPS) is 12.1. The molecule has 4 rings (SSSR count). The van der Waals surface area contributed by atoms with E-state index in [2.05, 4.69) is 0 Å². The third-order valence-electron chi connectivity index (χ3n) is 6.36. The van der Waals surface area contributed by atoms with Crippen molar-refractivity contribution in [3.05, 3.63) is 88.5 Å². The maximum Gasteiger partial charge on any atom is 0.336 e. The Balaban J connectivity index is 1.98. The first-order valence-electron chi connectivity index (χ1n) is 12.2. The van der Waals surface area contributed by atoms with Crippen LogP contribution in [-0.4, -0.2) is 64.3 Å². The molecule has 39 heavy (non-hydrogen) atoms. The van der Waals surface area contributed by atoms with Crippen molar-refractivity contribution in [1.82, 2.24) is 4.90 Å². The van der Waals surface area contributed by atoms with Crippen molar-refractivity contribution in [2.24, 2.45) is 0 Å². The van der Waals surface area contributed by atoms with Gasteiger partial charge in [0.15, 0.2) is 23.0 Å². The average molecular weight is 532 g/mol. The highest BCUT2D eigenvalue weighted by molar-refractivity contribution is 6.22. The third kappa shape index (κ3) is 5.16. The van der Waals surface area contributed by atoms with Gasteiger partial charge in [-0.15, -0.1) is 0 Å². The van der Waals surface area contributed by atoms with E-state index < -0.39 is 17.8 Å². The second kappa shape index (κ2) is 11.7. The van der Waals surface area contributed by atoms with Crippen LogP contribution in [0.5, 0.6) is 23.0 Å². The summed E-state index contributed by atoms with van der Waals surface area (Å²) in [5, 5.41) is 0. The Labute approximate surface area is 226 Å². The van der Waals surface area contributed by atoms with Gasteiger partial charge < -0.3 is 23.7 Å². The zero-order valence-electron chi connectivity index (χ0n) is 22.4. The van der Waals surface area contributed by atoms with Crippen molar-refractivity contribution in [3.63, 3.8) is 0 Å². The van der Waals surface area contributed by atoms with E-state index in [1.165, 1.54) is 28.4 Å². The van der Waals surface area contributed by atoms with Crippen LogP contribution in [0.2, 0.25) is 0 Å². The standard InChI is InChI=1S/C30H29NO8/c1-6-39-30(34)22(17-31-28(32)20-9-7-8-10-21(20)29(31)33)27(18-11-13-23(35-2)25(15-18)37-4)19-12-14-24(36-3)26(16-19)38-5/h7-16H,6,17H2,1-5H3. The van der Waals surface area contributed by atoms with Gasteiger partial charge in [-0.25, -0.2) is 4.79 Å². The van der Waals surface area contributed by atoms with E-state index in [0.29, 0.717) is 39.7 Å². The SMILES string of the molecule is CCOC(=O)C(CN1C(=O)c2ccccc2C1=O)=C(c1ccc(OC)c(OC)c1)c1ccc(OC)c(OC)c1. The number of carbonyl (C=O) groups is 3. The summed E-state index contributed by atoms with van der Waals surface area (Å²) in [6.45, 7) is 1.46. The first kappa shape index (κ1) is 27.3. The van der Waals surface area contributed by atoms with Crippen LogP contribution in [0.25, 0.3) is 5.57 Å². The molecule has 0 N–H and O–H groups in total. The number of hydrogen-bond donors (Lipinski definition) is 0. The number of hydrogen-bond acceptors (Lipinski definition) is 8. The number of imide groups is 1. The maximum absolute atomic E-state index is 13.5. The van der Waals surface area contributed by atoms with E-state index in [4.69, 9.17) is 23.7 Å². The summed E-state index contributed by atoms with van der Waals surface area (Å²) in [6.07, 6.45) is 0. The Morgan fingerprint density at radius 3 is 1.56 bits per heavy atom. The van der Waals surface area contributed by atoms with Crippen molar-refractivity contribution in [1.29, 1.82) is 0 Å². The molecule has 0 bridgehead atoms. The molecule has 9 heteroatoms. The molecule has 9 nitrogen and oxygen atoms in total. The molecule has 2 amide bonds. The molecule has 3 aromatic rings. The Kier molecular flexibility index (Phi) is 8.19. The number of ether oxygens (including phenoxy) is 5. The van der Waals surface area contributed by atoms with E-state index >= 15 is 0 Å². The molecule has 0 fully saturated rings. The van der Waals surface area contributed by atoms with Crippen LogP contribution in [-0.2, 0) is 9.53 Å². The van der Waals surface area contributed by atoms with Gasteiger partial charge in [-0.1, -0.05) is 24.3 Å². The van der Waals surface area contributed by atoms with Gasteiger partial charge >= 0.3 is 5.97 Å². The van der Waals surface area contributed by atoms with Gasteiger partial charge in [-0.05, 0) is 54.4 Å². The fraction of sp³-hybridized carbons (Fsp3) is 0.233. The lowest BCUT2D eigenvalue weighted by molar-refractivity contribution is -0.138. The molecule has 1 aliphatic heterocycles. The van der Waals surface area contributed by atoms with Crippen LogP contribution >= 0.6 is 0 Å². The predicted octanol–water partition coefficient (Wildman–Crippen LogP) is 4.38. The molecule has 0 radical (unpaired) electrons. The fourth-order valence-corrected chi connectivity index (χ4v) is 4.50. The third-order valence-corrected chi connectivity index (χ3v) is 6.36. The van der Waals surface area contributed by atoms with Gasteiger partial charge in [0.2, 0.25) is 0 Å². The molecule has 202 valence electrons. The fourth-order valence-electron chi connectivity index (χ4n) is 4.50. The van der Waals surface area contributed by atoms with Crippen LogP contribution in [0.15, 0.2) is 66.2 Å². The minimum Gasteiger partial charge on any atom is -0.493 e. The lowest BCUT2D eigenvalue weighted by Gasteiger charge is -2.21. The first-order valence-corrected chi connectivity index (χ1v) is 12.2. The molecule has 0 atom stereocenters. The Morgan fingerprint density at radius 1 is 0.692 bits per heavy atom. The number of rotatable bonds is 10. The summed E-state index contributed by atoms with van der Waals surface area (Å²) in [5.74, 6) is 0.187. The largest absolute Gasteiger partial charge is 0.493 e. The minimum absolute atomic E-state index is 0.0929. The molecule has 0 aliphatic carbocycles. The van der Waals surface area contributed by atoms with Crippen LogP contribution in [0.3, 0.4) is 0 Å². The van der Waals surface area contributed by atoms with Crippen molar-refractivity contribution < 1.29 is 38.1 Å². The van der Waals surface area contributed by atoms with Gasteiger partial charge in [-0.3, -0.25) is 14.5 Å². The second-order valence-corrected chi connectivity index (χ2v) is 8.46. The minimum atomic E-state index is -0.673. The molecule has 3 aromatic carbocycles. The molecule has 0 spiro atoms. The van der Waals surface area contributed by atoms with Gasteiger partial charge in [0, 0.05) is 5.57 Å². The maximum atomic E-state index is 13.5. The average Bonchev–Trinajstić information content (AvgIpc) is 3.21. The van der Waals surface area contributed by atoms with Gasteiger partial charge in [0.05, 0.1) is 58.3 Å². The lowest BCUT2D eigenvalue weighted by Crippen LogP contribution is -2.34. The van der Waals surface area contributed by atoms with E-state index in [1.807, 2.05) is 0 Å². The van der Waals surface area contributed by atoms with E-state index in [-0.39, 0.29) is 29.9 Å². The molecule has 1 heterocycles. The number of carbonyl (C=O) groups excluding carboxylic acids is 3. The summed E-state index contributed by atoms with van der Waals surface area (Å²) in [4.78, 5) is 41.1. The first-order chi connectivity index (χ1) is 18.9. The zero-order chi connectivity index (χ0) is 28.1. The highest BCUT2D eigenvalue weighted by Crippen LogP contribution is 2.38. The quantitative estimate of drug-likeness (QED) is 0.216. The van der Waals surface area contributed by atoms with Crippen LogP contribution in [0.1, 0.15) is 38.8 Å². The summed E-state index contributed by atoms with van der Waals surface area (Å²) in [5.41, 5.74) is 2.23. The molecule has 0 unspecified atom stereocenters. The van der Waals surface area contributed by atoms with Crippen LogP contribution in [0.4, 0.5) is 0 Å². The predicted molar refractivity (Wildman–Crippen MR) is 144 cm³/mol. The van der Waals surface area contributed by atoms with Crippen molar-refractivity contribution in [3.8, 4) is 23.0 Å². The number of nitrogens with zero attached hydrogens (tertiary/aromatic N) is 1. The monoisotopic (exact) mass is 531 g/mol. The summed E-state index contributed by atoms with van der Waals surface area (Å²) >= 11 is 0. The number of benzene rings is 3. The number of fused-ring (bicyclic) bond motifs is 1. The van der Waals surface area contributed by atoms with E-state index in [9.17, 15) is 14.4 Å². The zero-order valence-corrected chi connectivity index (χ0v) is 22.4. The molecule has 0 saturated heterocycles. The lowest BCUT2D eigenvalue weighted by atomic mass is 9.91. The van der Waals surface area contributed by atoms with Crippen LogP contribution in [0, 0.1) is 0 Å². The summed E-state index contributed by atoms with van der Waals surface area (Å²) in [7, 11) is 6.06. The highest BCUT2D eigenvalue weighted by atomic mass is 16.5. The molecule has 1 aliphatic rings. The van der Waals surface area contributed by atoms with Crippen molar-refractivity contribution in [2.45, 2.75) is 6.92 Å². The van der Waals surface area contributed by atoms with Gasteiger partial charge in [0.1, 0.15) is 0 Å². The molecule has 0 aromatic heterocycles. The number of methoxy groups -OCH3 is 4. The summed E-state index contributed by atoms with van der Waals surface area (Å²) in [6, 6.07) is 16.9. The van der Waals surface area contributed by atoms with Crippen molar-refractivity contribution >= 4 is 23.4 Å². The Hall–Kier alpha value is -4.79. The Bertz CT molecular complexity index is 1370.